The first kappa shape index (κ1) is 16.7. The summed E-state index contributed by atoms with van der Waals surface area (Å²) in [5.41, 5.74) is 2.11. The summed E-state index contributed by atoms with van der Waals surface area (Å²) in [6.07, 6.45) is 2.93. The van der Waals surface area contributed by atoms with E-state index >= 15 is 0 Å². The van der Waals surface area contributed by atoms with Gasteiger partial charge in [0.15, 0.2) is 0 Å². The third kappa shape index (κ3) is 4.34. The Hall–Kier alpha value is -1.36. The number of carboxylic acid groups (broad SMARTS) is 1. The molecule has 20 heavy (non-hydrogen) atoms. The number of hydrogen-bond acceptors (Lipinski definition) is 3. The van der Waals surface area contributed by atoms with Crippen molar-refractivity contribution in [2.75, 3.05) is 6.54 Å². The molecule has 1 rings (SSSR count). The third-order valence-corrected chi connectivity index (χ3v) is 3.54. The second-order valence-corrected chi connectivity index (χ2v) is 6.48. The number of nitrogens with zero attached hydrogens (tertiary/aromatic N) is 3. The van der Waals surface area contributed by atoms with Crippen molar-refractivity contribution in [1.82, 2.24) is 14.7 Å². The summed E-state index contributed by atoms with van der Waals surface area (Å²) in [6, 6.07) is 0.235. The molecule has 0 aliphatic rings. The van der Waals surface area contributed by atoms with Crippen LogP contribution in [0, 0.1) is 0 Å². The van der Waals surface area contributed by atoms with Gasteiger partial charge in [-0.15, -0.1) is 0 Å². The Bertz CT molecular complexity index is 460. The van der Waals surface area contributed by atoms with Crippen LogP contribution in [0.1, 0.15) is 52.3 Å². The normalized spacial score (nSPS) is 13.8. The number of aromatic nitrogens is 2. The molecule has 5 heteroatoms. The van der Waals surface area contributed by atoms with Crippen molar-refractivity contribution in [3.63, 3.8) is 0 Å². The van der Waals surface area contributed by atoms with Gasteiger partial charge in [0.25, 0.3) is 0 Å². The van der Waals surface area contributed by atoms with Gasteiger partial charge in [0, 0.05) is 36.8 Å². The summed E-state index contributed by atoms with van der Waals surface area (Å²) in [5.74, 6) is -0.786. The molecule has 1 atom stereocenters. The minimum Gasteiger partial charge on any atom is -0.480 e. The molecule has 0 bridgehead atoms. The maximum Gasteiger partial charge on any atom is 0.317 e. The lowest BCUT2D eigenvalue weighted by Gasteiger charge is -2.27. The summed E-state index contributed by atoms with van der Waals surface area (Å²) < 4.78 is 1.81. The molecule has 0 aromatic carbocycles. The second-order valence-electron chi connectivity index (χ2n) is 6.48. The van der Waals surface area contributed by atoms with Crippen molar-refractivity contribution in [2.45, 2.75) is 59.0 Å². The topological polar surface area (TPSA) is 58.4 Å². The fourth-order valence-electron chi connectivity index (χ4n) is 2.30. The highest BCUT2D eigenvalue weighted by atomic mass is 16.4. The zero-order valence-electron chi connectivity index (χ0n) is 13.5. The van der Waals surface area contributed by atoms with E-state index in [9.17, 15) is 4.79 Å². The van der Waals surface area contributed by atoms with E-state index in [0.717, 1.165) is 17.7 Å². The standard InChI is InChI=1S/C15H27N3O2/c1-7-11(2)18(10-13(19)20)9-12-8-17(6)16-14(12)15(3,4)5/h8,11H,7,9-10H2,1-6H3,(H,19,20). The molecule has 1 heterocycles. The van der Waals surface area contributed by atoms with Crippen LogP contribution < -0.4 is 0 Å². The summed E-state index contributed by atoms with van der Waals surface area (Å²) >= 11 is 0. The van der Waals surface area contributed by atoms with Crippen molar-refractivity contribution < 1.29 is 9.90 Å². The van der Waals surface area contributed by atoms with E-state index in [2.05, 4.69) is 39.7 Å². The molecule has 0 aliphatic heterocycles. The van der Waals surface area contributed by atoms with Crippen LogP contribution in [0.15, 0.2) is 6.20 Å². The molecule has 5 nitrogen and oxygen atoms in total. The summed E-state index contributed by atoms with van der Waals surface area (Å²) in [6.45, 7) is 11.2. The first-order chi connectivity index (χ1) is 9.15. The minimum absolute atomic E-state index is 0.0407. The molecule has 0 spiro atoms. The molecule has 1 N–H and O–H groups in total. The van der Waals surface area contributed by atoms with Crippen LogP contribution >= 0.6 is 0 Å². The van der Waals surface area contributed by atoms with Crippen LogP contribution in [0.3, 0.4) is 0 Å². The van der Waals surface area contributed by atoms with E-state index in [1.54, 1.807) is 0 Å². The number of hydrogen-bond donors (Lipinski definition) is 1. The molecular weight excluding hydrogens is 254 g/mol. The number of aryl methyl sites for hydroxylation is 1. The number of carbonyl (C=O) groups is 1. The van der Waals surface area contributed by atoms with Gasteiger partial charge in [0.05, 0.1) is 12.2 Å². The number of carboxylic acids is 1. The van der Waals surface area contributed by atoms with Gasteiger partial charge in [-0.25, -0.2) is 0 Å². The van der Waals surface area contributed by atoms with Gasteiger partial charge in [-0.3, -0.25) is 14.4 Å². The predicted molar refractivity (Wildman–Crippen MR) is 79.7 cm³/mol. The van der Waals surface area contributed by atoms with Crippen LogP contribution in [0.2, 0.25) is 0 Å². The van der Waals surface area contributed by atoms with Crippen molar-refractivity contribution in [3.05, 3.63) is 17.5 Å². The van der Waals surface area contributed by atoms with E-state index in [4.69, 9.17) is 5.11 Å². The van der Waals surface area contributed by atoms with Gasteiger partial charge in [0.2, 0.25) is 0 Å². The van der Waals surface area contributed by atoms with E-state index in [0.29, 0.717) is 6.54 Å². The Labute approximate surface area is 121 Å². The molecule has 0 fully saturated rings. The molecule has 1 aromatic rings. The second kappa shape index (κ2) is 6.39. The lowest BCUT2D eigenvalue weighted by atomic mass is 9.89. The Morgan fingerprint density at radius 1 is 1.50 bits per heavy atom. The van der Waals surface area contributed by atoms with Gasteiger partial charge in [-0.2, -0.15) is 5.10 Å². The average Bonchev–Trinajstić information content (AvgIpc) is 2.67. The van der Waals surface area contributed by atoms with Gasteiger partial charge < -0.3 is 5.11 Å². The summed E-state index contributed by atoms with van der Waals surface area (Å²) in [7, 11) is 1.91. The van der Waals surface area contributed by atoms with Gasteiger partial charge >= 0.3 is 5.97 Å². The maximum absolute atomic E-state index is 11.0. The van der Waals surface area contributed by atoms with E-state index in [1.165, 1.54) is 0 Å². The first-order valence-corrected chi connectivity index (χ1v) is 7.14. The first-order valence-electron chi connectivity index (χ1n) is 7.14. The van der Waals surface area contributed by atoms with Gasteiger partial charge in [0.1, 0.15) is 0 Å². The zero-order chi connectivity index (χ0) is 15.5. The highest BCUT2D eigenvalue weighted by Gasteiger charge is 2.25. The summed E-state index contributed by atoms with van der Waals surface area (Å²) in [4.78, 5) is 13.0. The Kier molecular flexibility index (Phi) is 5.34. The largest absolute Gasteiger partial charge is 0.480 e. The molecule has 0 amide bonds. The highest BCUT2D eigenvalue weighted by molar-refractivity contribution is 5.69. The van der Waals surface area contributed by atoms with E-state index in [-0.39, 0.29) is 18.0 Å². The van der Waals surface area contributed by atoms with Gasteiger partial charge in [-0.1, -0.05) is 27.7 Å². The van der Waals surface area contributed by atoms with Crippen molar-refractivity contribution in [2.24, 2.45) is 7.05 Å². The molecular formula is C15H27N3O2. The molecule has 1 aromatic heterocycles. The monoisotopic (exact) mass is 281 g/mol. The zero-order valence-corrected chi connectivity index (χ0v) is 13.5. The SMILES string of the molecule is CCC(C)N(CC(=O)O)Cc1cn(C)nc1C(C)(C)C. The minimum atomic E-state index is -0.786. The quantitative estimate of drug-likeness (QED) is 0.870. The predicted octanol–water partition coefficient (Wildman–Crippen LogP) is 2.40. The molecule has 1 unspecified atom stereocenters. The summed E-state index contributed by atoms with van der Waals surface area (Å²) in [5, 5.41) is 13.6. The van der Waals surface area contributed by atoms with Crippen molar-refractivity contribution >= 4 is 5.97 Å². The van der Waals surface area contributed by atoms with Crippen molar-refractivity contribution in [3.8, 4) is 0 Å². The molecule has 114 valence electrons. The molecule has 0 saturated carbocycles. The Morgan fingerprint density at radius 3 is 2.55 bits per heavy atom. The highest BCUT2D eigenvalue weighted by Crippen LogP contribution is 2.25. The Morgan fingerprint density at radius 2 is 2.10 bits per heavy atom. The molecule has 0 saturated heterocycles. The van der Waals surface area contributed by atoms with Crippen LogP contribution in [0.4, 0.5) is 0 Å². The van der Waals surface area contributed by atoms with Crippen LogP contribution in [-0.2, 0) is 23.8 Å². The van der Waals surface area contributed by atoms with E-state index < -0.39 is 5.97 Å². The smallest absolute Gasteiger partial charge is 0.317 e. The number of aliphatic carboxylic acids is 1. The third-order valence-electron chi connectivity index (χ3n) is 3.54. The van der Waals surface area contributed by atoms with Crippen LogP contribution in [-0.4, -0.2) is 38.3 Å². The lowest BCUT2D eigenvalue weighted by Crippen LogP contribution is -2.37. The maximum atomic E-state index is 11.0. The fourth-order valence-corrected chi connectivity index (χ4v) is 2.30. The van der Waals surface area contributed by atoms with Crippen molar-refractivity contribution in [1.29, 1.82) is 0 Å². The number of rotatable bonds is 6. The van der Waals surface area contributed by atoms with E-state index in [1.807, 2.05) is 22.8 Å². The molecule has 0 radical (unpaired) electrons. The fraction of sp³-hybridized carbons (Fsp3) is 0.733. The average molecular weight is 281 g/mol. The van der Waals surface area contributed by atoms with Crippen LogP contribution in [0.5, 0.6) is 0 Å². The van der Waals surface area contributed by atoms with Crippen LogP contribution in [0.25, 0.3) is 0 Å². The lowest BCUT2D eigenvalue weighted by molar-refractivity contribution is -0.139. The molecule has 0 aliphatic carbocycles. The van der Waals surface area contributed by atoms with Gasteiger partial charge in [-0.05, 0) is 13.3 Å². The Balaban J connectivity index is 3.02.